The molecule has 0 bridgehead atoms. The van der Waals surface area contributed by atoms with Crippen molar-refractivity contribution in [2.24, 2.45) is 0 Å². The Hall–Kier alpha value is -3.33. The van der Waals surface area contributed by atoms with Crippen LogP contribution in [0.3, 0.4) is 0 Å². The van der Waals surface area contributed by atoms with E-state index in [1.807, 2.05) is 79.9 Å². The van der Waals surface area contributed by atoms with Crippen LogP contribution < -0.4 is 5.56 Å². The van der Waals surface area contributed by atoms with E-state index in [4.69, 9.17) is 17.2 Å². The number of para-hydroxylation sites is 1. The minimum atomic E-state index is -0.191. The van der Waals surface area contributed by atoms with Gasteiger partial charge in [-0.1, -0.05) is 89.3 Å². The van der Waals surface area contributed by atoms with Crippen LogP contribution in [0.25, 0.3) is 21.7 Å². The summed E-state index contributed by atoms with van der Waals surface area (Å²) in [6.07, 6.45) is 0. The Morgan fingerprint density at radius 2 is 1.61 bits per heavy atom. The minimum absolute atomic E-state index is 0.0252. The predicted octanol–water partition coefficient (Wildman–Crippen LogP) is 6.87. The van der Waals surface area contributed by atoms with Crippen LogP contribution in [-0.4, -0.2) is 25.7 Å². The lowest BCUT2D eigenvalue weighted by Gasteiger charge is -2.15. The Morgan fingerprint density at radius 3 is 2.33 bits per heavy atom. The Labute approximate surface area is 222 Å². The minimum Gasteiger partial charge on any atom is -0.293 e. The van der Waals surface area contributed by atoms with Crippen LogP contribution in [0.2, 0.25) is 0 Å². The highest BCUT2D eigenvalue weighted by Gasteiger charge is 2.21. The van der Waals surface area contributed by atoms with Gasteiger partial charge in [0.2, 0.25) is 0 Å². The fourth-order valence-corrected chi connectivity index (χ4v) is 6.35. The first-order valence-corrected chi connectivity index (χ1v) is 13.6. The van der Waals surface area contributed by atoms with Gasteiger partial charge in [0.25, 0.3) is 5.56 Å². The first kappa shape index (κ1) is 24.4. The van der Waals surface area contributed by atoms with Gasteiger partial charge in [0.05, 0.1) is 17.1 Å². The van der Waals surface area contributed by atoms with Gasteiger partial charge >= 0.3 is 0 Å². The Bertz CT molecular complexity index is 1730. The molecule has 0 aliphatic rings. The zero-order chi connectivity index (χ0) is 25.4. The molecule has 0 N–H and O–H groups in total. The molecule has 8 heteroatoms. The normalized spacial score (nSPS) is 11.2. The van der Waals surface area contributed by atoms with Crippen LogP contribution in [-0.2, 0) is 0 Å². The van der Waals surface area contributed by atoms with Crippen molar-refractivity contribution in [1.82, 2.24) is 14.1 Å². The maximum Gasteiger partial charge on any atom is 0.278 e. The summed E-state index contributed by atoms with van der Waals surface area (Å²) < 4.78 is 4.52. The summed E-state index contributed by atoms with van der Waals surface area (Å²) in [5.41, 5.74) is 5.72. The molecular weight excluding hydrogens is 507 g/mol. The molecule has 3 aromatic carbocycles. The molecule has 180 valence electrons. The highest BCUT2D eigenvalue weighted by atomic mass is 32.2. The second kappa shape index (κ2) is 9.97. The summed E-state index contributed by atoms with van der Waals surface area (Å²) in [6.45, 7) is 6.02. The molecule has 2 aromatic heterocycles. The number of rotatable bonds is 6. The van der Waals surface area contributed by atoms with Crippen molar-refractivity contribution in [3.05, 3.63) is 109 Å². The Morgan fingerprint density at radius 1 is 0.917 bits per heavy atom. The van der Waals surface area contributed by atoms with E-state index in [1.165, 1.54) is 23.1 Å². The molecule has 0 aliphatic carbocycles. The monoisotopic (exact) mass is 529 g/mol. The van der Waals surface area contributed by atoms with E-state index in [0.29, 0.717) is 25.0 Å². The number of Topliss-reactive ketones (excluding diaryl/α,β-unsaturated/α-hetero) is 1. The number of benzene rings is 3. The Balaban J connectivity index is 1.72. The zero-order valence-electron chi connectivity index (χ0n) is 20.0. The first-order chi connectivity index (χ1) is 17.3. The summed E-state index contributed by atoms with van der Waals surface area (Å²) in [7, 11) is 0. The topological polar surface area (TPSA) is 56.9 Å². The molecule has 36 heavy (non-hydrogen) atoms. The Kier molecular flexibility index (Phi) is 6.75. The number of thioether (sulfide) groups is 1. The lowest BCUT2D eigenvalue weighted by Crippen LogP contribution is -2.22. The van der Waals surface area contributed by atoms with Crippen LogP contribution in [0.1, 0.15) is 27.0 Å². The van der Waals surface area contributed by atoms with E-state index in [-0.39, 0.29) is 17.1 Å². The fraction of sp³-hybridized carbons (Fsp3) is 0.143. The van der Waals surface area contributed by atoms with E-state index in [0.717, 1.165) is 28.1 Å². The van der Waals surface area contributed by atoms with Crippen molar-refractivity contribution in [2.45, 2.75) is 25.9 Å². The quantitative estimate of drug-likeness (QED) is 0.104. The molecule has 0 radical (unpaired) electrons. The molecule has 0 amide bonds. The van der Waals surface area contributed by atoms with Gasteiger partial charge in [-0.25, -0.2) is 4.98 Å². The van der Waals surface area contributed by atoms with Crippen LogP contribution in [0.15, 0.2) is 82.7 Å². The third-order valence-corrected chi connectivity index (χ3v) is 8.24. The molecular formula is C28H23N3O2S3. The molecule has 5 rings (SSSR count). The number of carbonyl (C=O) groups excluding carboxylic acids is 1. The smallest absolute Gasteiger partial charge is 0.278 e. The number of aromatic nitrogens is 3. The van der Waals surface area contributed by atoms with E-state index < -0.39 is 0 Å². The van der Waals surface area contributed by atoms with Crippen LogP contribution in [0.4, 0.5) is 0 Å². The van der Waals surface area contributed by atoms with Crippen LogP contribution >= 0.6 is 35.3 Å². The van der Waals surface area contributed by atoms with Crippen molar-refractivity contribution in [3.8, 4) is 11.4 Å². The molecule has 0 spiro atoms. The summed E-state index contributed by atoms with van der Waals surface area (Å²) in [4.78, 5) is 31.8. The van der Waals surface area contributed by atoms with Crippen LogP contribution in [0, 0.1) is 24.7 Å². The summed E-state index contributed by atoms with van der Waals surface area (Å²) in [5, 5.41) is 0.456. The molecule has 0 saturated heterocycles. The van der Waals surface area contributed by atoms with Gasteiger partial charge in [0, 0.05) is 5.56 Å². The summed E-state index contributed by atoms with van der Waals surface area (Å²) in [6, 6.07) is 23.0. The van der Waals surface area contributed by atoms with Crippen LogP contribution in [0.5, 0.6) is 0 Å². The van der Waals surface area contributed by atoms with E-state index in [1.54, 1.807) is 16.7 Å². The number of hydrogen-bond acceptors (Lipinski definition) is 6. The van der Waals surface area contributed by atoms with Crippen molar-refractivity contribution < 1.29 is 4.79 Å². The maximum atomic E-state index is 13.9. The highest BCUT2D eigenvalue weighted by Crippen LogP contribution is 2.29. The average Bonchev–Trinajstić information content (AvgIpc) is 3.20. The van der Waals surface area contributed by atoms with Crippen molar-refractivity contribution in [3.63, 3.8) is 0 Å². The summed E-state index contributed by atoms with van der Waals surface area (Å²) in [5.74, 6) is 0.130. The third kappa shape index (κ3) is 4.48. The zero-order valence-corrected chi connectivity index (χ0v) is 22.5. The molecule has 0 saturated carbocycles. The first-order valence-electron chi connectivity index (χ1n) is 11.4. The van der Waals surface area contributed by atoms with Gasteiger partial charge in [-0.3, -0.25) is 18.7 Å². The number of ketones is 1. The number of thiazole rings is 1. The molecule has 0 fully saturated rings. The molecule has 5 nitrogen and oxygen atoms in total. The van der Waals surface area contributed by atoms with Crippen molar-refractivity contribution in [2.75, 3.05) is 5.75 Å². The molecule has 2 heterocycles. The van der Waals surface area contributed by atoms with Gasteiger partial charge in [-0.2, -0.15) is 0 Å². The van der Waals surface area contributed by atoms with Gasteiger partial charge < -0.3 is 0 Å². The molecule has 0 aliphatic heterocycles. The maximum absolute atomic E-state index is 13.9. The second-order valence-electron chi connectivity index (χ2n) is 8.55. The van der Waals surface area contributed by atoms with Gasteiger partial charge in [-0.05, 0) is 56.2 Å². The standard InChI is InChI=1S/C28H23N3O2S3/c1-17-13-14-22(19(3)15-17)30-25-24(36-28(30)34)26(33)31(21-12-8-7-9-18(21)2)27(29-25)35-16-23(32)20-10-5-4-6-11-20/h4-15H,16H2,1-3H3. The van der Waals surface area contributed by atoms with E-state index in [9.17, 15) is 9.59 Å². The lowest BCUT2D eigenvalue weighted by atomic mass is 10.1. The number of nitrogens with zero attached hydrogens (tertiary/aromatic N) is 3. The van der Waals surface area contributed by atoms with E-state index >= 15 is 0 Å². The van der Waals surface area contributed by atoms with E-state index in [2.05, 4.69) is 6.07 Å². The predicted molar refractivity (Wildman–Crippen MR) is 151 cm³/mol. The number of carbonyl (C=O) groups is 1. The van der Waals surface area contributed by atoms with Gasteiger partial charge in [0.1, 0.15) is 4.70 Å². The molecule has 0 unspecified atom stereocenters. The SMILES string of the molecule is Cc1ccc(-n2c(=S)sc3c(=O)n(-c4ccccc4C)c(SCC(=O)c4ccccc4)nc32)c(C)c1. The lowest BCUT2D eigenvalue weighted by molar-refractivity contribution is 0.102. The highest BCUT2D eigenvalue weighted by molar-refractivity contribution is 7.99. The summed E-state index contributed by atoms with van der Waals surface area (Å²) >= 11 is 8.24. The van der Waals surface area contributed by atoms with Gasteiger partial charge in [-0.15, -0.1) is 0 Å². The molecule has 5 aromatic rings. The van der Waals surface area contributed by atoms with Crippen molar-refractivity contribution in [1.29, 1.82) is 0 Å². The fourth-order valence-electron chi connectivity index (χ4n) is 4.17. The number of aryl methyl sites for hydroxylation is 3. The largest absolute Gasteiger partial charge is 0.293 e. The second-order valence-corrected chi connectivity index (χ2v) is 11.1. The van der Waals surface area contributed by atoms with Crippen molar-refractivity contribution >= 4 is 51.4 Å². The number of hydrogen-bond donors (Lipinski definition) is 0. The van der Waals surface area contributed by atoms with Gasteiger partial charge in [0.15, 0.2) is 20.5 Å². The third-order valence-electron chi connectivity index (χ3n) is 5.95. The molecule has 0 atom stereocenters. The average molecular weight is 530 g/mol. The number of fused-ring (bicyclic) bond motifs is 1.